The average molecular weight is 340 g/mol. The standard InChI is InChI=1S/C16H24N2O4S/c1-12(2)16(19)17-13-7-8-14(22-3)15(11-13)23(20,21)18-9-5-4-6-10-18/h7-8,11-12H,4-6,9-10H2,1-3H3,(H,17,19). The van der Waals surface area contributed by atoms with Crippen LogP contribution in [0.3, 0.4) is 0 Å². The number of rotatable bonds is 5. The number of amides is 1. The molecule has 1 aromatic carbocycles. The number of hydrogen-bond donors (Lipinski definition) is 1. The van der Waals surface area contributed by atoms with Crippen molar-refractivity contribution in [1.82, 2.24) is 4.31 Å². The Morgan fingerprint density at radius 3 is 2.43 bits per heavy atom. The van der Waals surface area contributed by atoms with E-state index < -0.39 is 10.0 Å². The summed E-state index contributed by atoms with van der Waals surface area (Å²) in [5, 5.41) is 2.73. The van der Waals surface area contributed by atoms with Gasteiger partial charge in [-0.15, -0.1) is 0 Å². The molecule has 1 amide bonds. The quantitative estimate of drug-likeness (QED) is 0.893. The highest BCUT2D eigenvalue weighted by molar-refractivity contribution is 7.89. The van der Waals surface area contributed by atoms with Crippen LogP contribution in [0.5, 0.6) is 5.75 Å². The zero-order valence-corrected chi connectivity index (χ0v) is 14.6. The van der Waals surface area contributed by atoms with E-state index in [1.807, 2.05) is 0 Å². The van der Waals surface area contributed by atoms with Gasteiger partial charge < -0.3 is 10.1 Å². The Kier molecular flexibility index (Phi) is 5.64. The fraction of sp³-hybridized carbons (Fsp3) is 0.562. The minimum atomic E-state index is -3.63. The van der Waals surface area contributed by atoms with Gasteiger partial charge in [0.1, 0.15) is 10.6 Å². The number of nitrogens with one attached hydrogen (secondary N) is 1. The molecule has 0 aromatic heterocycles. The van der Waals surface area contributed by atoms with E-state index in [1.54, 1.807) is 26.0 Å². The first-order chi connectivity index (χ1) is 10.9. The van der Waals surface area contributed by atoms with Crippen LogP contribution in [0.15, 0.2) is 23.1 Å². The predicted octanol–water partition coefficient (Wildman–Crippen LogP) is 2.46. The van der Waals surface area contributed by atoms with Crippen LogP contribution in [0.4, 0.5) is 5.69 Å². The highest BCUT2D eigenvalue weighted by atomic mass is 32.2. The van der Waals surface area contributed by atoms with E-state index in [1.165, 1.54) is 17.5 Å². The number of carbonyl (C=O) groups excluding carboxylic acids is 1. The number of nitrogens with zero attached hydrogens (tertiary/aromatic N) is 1. The van der Waals surface area contributed by atoms with Crippen LogP contribution in [0.1, 0.15) is 33.1 Å². The number of hydrogen-bond acceptors (Lipinski definition) is 4. The number of methoxy groups -OCH3 is 1. The summed E-state index contributed by atoms with van der Waals surface area (Å²) in [7, 11) is -2.18. The summed E-state index contributed by atoms with van der Waals surface area (Å²) in [6.45, 7) is 4.61. The third-order valence-electron chi connectivity index (χ3n) is 3.89. The summed E-state index contributed by atoms with van der Waals surface area (Å²) in [6, 6.07) is 4.70. The first-order valence-corrected chi connectivity index (χ1v) is 9.29. The van der Waals surface area contributed by atoms with Gasteiger partial charge in [-0.3, -0.25) is 4.79 Å². The van der Waals surface area contributed by atoms with Gasteiger partial charge in [-0.1, -0.05) is 20.3 Å². The maximum absolute atomic E-state index is 12.9. The van der Waals surface area contributed by atoms with Crippen molar-refractivity contribution in [3.63, 3.8) is 0 Å². The van der Waals surface area contributed by atoms with Gasteiger partial charge in [0.15, 0.2) is 0 Å². The van der Waals surface area contributed by atoms with Crippen LogP contribution in [0.25, 0.3) is 0 Å². The van der Waals surface area contributed by atoms with Crippen LogP contribution in [-0.2, 0) is 14.8 Å². The number of anilines is 1. The molecule has 0 saturated carbocycles. The molecule has 1 heterocycles. The van der Waals surface area contributed by atoms with Gasteiger partial charge in [0, 0.05) is 24.7 Å². The zero-order chi connectivity index (χ0) is 17.0. The predicted molar refractivity (Wildman–Crippen MR) is 89.1 cm³/mol. The van der Waals surface area contributed by atoms with E-state index in [9.17, 15) is 13.2 Å². The monoisotopic (exact) mass is 340 g/mol. The summed E-state index contributed by atoms with van der Waals surface area (Å²) in [4.78, 5) is 11.9. The Bertz CT molecular complexity index is 665. The number of piperidine rings is 1. The summed E-state index contributed by atoms with van der Waals surface area (Å²) in [5.41, 5.74) is 0.458. The molecule has 1 aliphatic rings. The third-order valence-corrected chi connectivity index (χ3v) is 5.81. The lowest BCUT2D eigenvalue weighted by Gasteiger charge is -2.26. The lowest BCUT2D eigenvalue weighted by atomic mass is 10.2. The molecule has 1 fully saturated rings. The summed E-state index contributed by atoms with van der Waals surface area (Å²) >= 11 is 0. The second-order valence-electron chi connectivity index (χ2n) is 5.97. The molecule has 0 unspecified atom stereocenters. The Hall–Kier alpha value is -1.60. The van der Waals surface area contributed by atoms with Gasteiger partial charge in [0.2, 0.25) is 15.9 Å². The lowest BCUT2D eigenvalue weighted by molar-refractivity contribution is -0.118. The normalized spacial score (nSPS) is 16.3. The maximum Gasteiger partial charge on any atom is 0.246 e. The van der Waals surface area contributed by atoms with Crippen LogP contribution in [0.2, 0.25) is 0 Å². The smallest absolute Gasteiger partial charge is 0.246 e. The van der Waals surface area contributed by atoms with E-state index in [0.717, 1.165) is 19.3 Å². The molecular weight excluding hydrogens is 316 g/mol. The Balaban J connectivity index is 2.36. The van der Waals surface area contributed by atoms with Crippen LogP contribution >= 0.6 is 0 Å². The molecule has 0 bridgehead atoms. The average Bonchev–Trinajstić information content (AvgIpc) is 2.55. The van der Waals surface area contributed by atoms with Crippen molar-refractivity contribution in [3.05, 3.63) is 18.2 Å². The van der Waals surface area contributed by atoms with Crippen LogP contribution in [-0.4, -0.2) is 38.8 Å². The van der Waals surface area contributed by atoms with Crippen LogP contribution in [0, 0.1) is 5.92 Å². The second-order valence-corrected chi connectivity index (χ2v) is 7.88. The molecule has 1 saturated heterocycles. The highest BCUT2D eigenvalue weighted by Crippen LogP contribution is 2.31. The van der Waals surface area contributed by atoms with Crippen molar-refractivity contribution < 1.29 is 17.9 Å². The molecule has 2 rings (SSSR count). The van der Waals surface area contributed by atoms with Crippen molar-refractivity contribution in [2.24, 2.45) is 5.92 Å². The van der Waals surface area contributed by atoms with Crippen molar-refractivity contribution in [2.45, 2.75) is 38.0 Å². The van der Waals surface area contributed by atoms with Crippen molar-refractivity contribution in [1.29, 1.82) is 0 Å². The molecule has 0 spiro atoms. The van der Waals surface area contributed by atoms with Crippen molar-refractivity contribution in [2.75, 3.05) is 25.5 Å². The number of benzene rings is 1. The van der Waals surface area contributed by atoms with E-state index >= 15 is 0 Å². The highest BCUT2D eigenvalue weighted by Gasteiger charge is 2.29. The molecule has 1 aromatic rings. The van der Waals surface area contributed by atoms with Gasteiger partial charge in [0.25, 0.3) is 0 Å². The van der Waals surface area contributed by atoms with E-state index in [4.69, 9.17) is 4.74 Å². The lowest BCUT2D eigenvalue weighted by Crippen LogP contribution is -2.35. The van der Waals surface area contributed by atoms with Gasteiger partial charge >= 0.3 is 0 Å². The molecular formula is C16H24N2O4S. The summed E-state index contributed by atoms with van der Waals surface area (Å²) in [6.07, 6.45) is 2.78. The van der Waals surface area contributed by atoms with Gasteiger partial charge in [-0.2, -0.15) is 4.31 Å². The number of ether oxygens (including phenoxy) is 1. The topological polar surface area (TPSA) is 75.7 Å². The third kappa shape index (κ3) is 4.03. The fourth-order valence-corrected chi connectivity index (χ4v) is 4.19. The molecule has 0 atom stereocenters. The number of carbonyl (C=O) groups is 1. The van der Waals surface area contributed by atoms with Crippen molar-refractivity contribution in [3.8, 4) is 5.75 Å². The molecule has 128 valence electrons. The fourth-order valence-electron chi connectivity index (χ4n) is 2.49. The first kappa shape index (κ1) is 17.7. The minimum absolute atomic E-state index is 0.100. The first-order valence-electron chi connectivity index (χ1n) is 7.85. The van der Waals surface area contributed by atoms with E-state index in [2.05, 4.69) is 5.32 Å². The largest absolute Gasteiger partial charge is 0.495 e. The SMILES string of the molecule is COc1ccc(NC(=O)C(C)C)cc1S(=O)(=O)N1CCCCC1. The molecule has 0 aliphatic carbocycles. The zero-order valence-electron chi connectivity index (χ0n) is 13.8. The van der Waals surface area contributed by atoms with Gasteiger partial charge in [-0.05, 0) is 31.0 Å². The molecule has 1 aliphatic heterocycles. The Morgan fingerprint density at radius 1 is 1.22 bits per heavy atom. The summed E-state index contributed by atoms with van der Waals surface area (Å²) < 4.78 is 32.4. The van der Waals surface area contributed by atoms with Gasteiger partial charge in [-0.25, -0.2) is 8.42 Å². The van der Waals surface area contributed by atoms with Crippen LogP contribution < -0.4 is 10.1 Å². The molecule has 7 heteroatoms. The number of sulfonamides is 1. The molecule has 1 N–H and O–H groups in total. The van der Waals surface area contributed by atoms with E-state index in [-0.39, 0.29) is 22.5 Å². The maximum atomic E-state index is 12.9. The van der Waals surface area contributed by atoms with E-state index in [0.29, 0.717) is 18.8 Å². The molecule has 0 radical (unpaired) electrons. The van der Waals surface area contributed by atoms with Gasteiger partial charge in [0.05, 0.1) is 7.11 Å². The molecule has 23 heavy (non-hydrogen) atoms. The molecule has 6 nitrogen and oxygen atoms in total. The van der Waals surface area contributed by atoms with Crippen molar-refractivity contribution >= 4 is 21.6 Å². The second kappa shape index (κ2) is 7.31. The Labute approximate surface area is 137 Å². The minimum Gasteiger partial charge on any atom is -0.495 e. The Morgan fingerprint density at radius 2 is 1.87 bits per heavy atom. The summed E-state index contributed by atoms with van der Waals surface area (Å²) in [5.74, 6) is -0.0474.